The topological polar surface area (TPSA) is 56.0 Å². The Labute approximate surface area is 125 Å². The summed E-state index contributed by atoms with van der Waals surface area (Å²) in [6, 6.07) is 9.97. The maximum atomic E-state index is 12.9. The molecule has 1 saturated carbocycles. The first-order valence-electron chi connectivity index (χ1n) is 7.81. The summed E-state index contributed by atoms with van der Waals surface area (Å²) in [5.74, 6) is 0.307. The van der Waals surface area contributed by atoms with Gasteiger partial charge in [0.25, 0.3) is 0 Å². The molecule has 1 aromatic carbocycles. The van der Waals surface area contributed by atoms with E-state index >= 15 is 0 Å². The van der Waals surface area contributed by atoms with Crippen LogP contribution < -0.4 is 5.73 Å². The van der Waals surface area contributed by atoms with E-state index in [0.717, 1.165) is 42.1 Å². The molecular weight excluding hydrogens is 260 g/mol. The van der Waals surface area contributed by atoms with Gasteiger partial charge in [0.15, 0.2) is 0 Å². The third-order valence-electron chi connectivity index (χ3n) is 4.88. The van der Waals surface area contributed by atoms with Crippen molar-refractivity contribution >= 4 is 16.7 Å². The normalized spacial score (nSPS) is 17.8. The molecule has 1 fully saturated rings. The zero-order chi connectivity index (χ0) is 14.7. The number of carbonyl (C=O) groups is 1. The molecule has 1 heterocycles. The molecule has 3 rings (SSSR count). The third kappa shape index (κ3) is 2.70. The minimum Gasteiger partial charge on any atom is -0.329 e. The Balaban J connectivity index is 1.89. The van der Waals surface area contributed by atoms with E-state index in [4.69, 9.17) is 5.73 Å². The highest BCUT2D eigenvalue weighted by Crippen LogP contribution is 2.37. The van der Waals surface area contributed by atoms with Crippen molar-refractivity contribution in [1.29, 1.82) is 0 Å². The molecule has 110 valence electrons. The van der Waals surface area contributed by atoms with Crippen molar-refractivity contribution in [3.63, 3.8) is 0 Å². The molecular formula is C18H22N2O. The molecule has 0 radical (unpaired) electrons. The van der Waals surface area contributed by atoms with E-state index in [-0.39, 0.29) is 5.41 Å². The number of aromatic nitrogens is 1. The second-order valence-corrected chi connectivity index (χ2v) is 6.13. The molecule has 0 bridgehead atoms. The lowest BCUT2D eigenvalue weighted by Crippen LogP contribution is -2.41. The average Bonchev–Trinajstić information content (AvgIpc) is 2.56. The van der Waals surface area contributed by atoms with Gasteiger partial charge in [-0.25, -0.2) is 0 Å². The fraction of sp³-hybridized carbons (Fsp3) is 0.444. The maximum absolute atomic E-state index is 12.9. The van der Waals surface area contributed by atoms with Crippen LogP contribution in [0.25, 0.3) is 10.9 Å². The highest BCUT2D eigenvalue weighted by atomic mass is 16.1. The number of ketones is 1. The molecule has 2 aromatic rings. The lowest BCUT2D eigenvalue weighted by Gasteiger charge is -2.34. The molecule has 3 heteroatoms. The number of hydrogen-bond donors (Lipinski definition) is 1. The molecule has 0 saturated heterocycles. The second-order valence-electron chi connectivity index (χ2n) is 6.13. The summed E-state index contributed by atoms with van der Waals surface area (Å²) in [4.78, 5) is 17.2. The van der Waals surface area contributed by atoms with Crippen molar-refractivity contribution in [2.45, 2.75) is 38.5 Å². The molecule has 1 aliphatic rings. The standard InChI is InChI=1S/C18H22N2O/c19-13-18(9-4-1-5-10-18)17(21)12-14-8-11-20-16-7-3-2-6-15(14)16/h2-3,6-8,11H,1,4-5,9-10,12-13,19H2. The van der Waals surface area contributed by atoms with Crippen LogP contribution in [-0.2, 0) is 11.2 Å². The van der Waals surface area contributed by atoms with Crippen LogP contribution in [0.1, 0.15) is 37.7 Å². The Morgan fingerprint density at radius 2 is 1.90 bits per heavy atom. The van der Waals surface area contributed by atoms with Gasteiger partial charge in [0, 0.05) is 30.0 Å². The quantitative estimate of drug-likeness (QED) is 0.936. The molecule has 0 aliphatic heterocycles. The van der Waals surface area contributed by atoms with E-state index in [1.807, 2.05) is 30.3 Å². The van der Waals surface area contributed by atoms with Gasteiger partial charge in [0.2, 0.25) is 0 Å². The van der Waals surface area contributed by atoms with E-state index < -0.39 is 0 Å². The number of nitrogens with two attached hydrogens (primary N) is 1. The largest absolute Gasteiger partial charge is 0.329 e. The van der Waals surface area contributed by atoms with Crippen LogP contribution in [0.15, 0.2) is 36.5 Å². The van der Waals surface area contributed by atoms with Crippen molar-refractivity contribution in [3.8, 4) is 0 Å². The fourth-order valence-corrected chi connectivity index (χ4v) is 3.50. The van der Waals surface area contributed by atoms with Gasteiger partial charge in [-0.2, -0.15) is 0 Å². The van der Waals surface area contributed by atoms with Crippen molar-refractivity contribution in [2.24, 2.45) is 11.1 Å². The van der Waals surface area contributed by atoms with Crippen LogP contribution in [0.3, 0.4) is 0 Å². The van der Waals surface area contributed by atoms with E-state index in [1.165, 1.54) is 6.42 Å². The maximum Gasteiger partial charge on any atom is 0.144 e. The van der Waals surface area contributed by atoms with E-state index in [2.05, 4.69) is 4.98 Å². The summed E-state index contributed by atoms with van der Waals surface area (Å²) < 4.78 is 0. The van der Waals surface area contributed by atoms with E-state index in [0.29, 0.717) is 18.7 Å². The Morgan fingerprint density at radius 3 is 2.67 bits per heavy atom. The lowest BCUT2D eigenvalue weighted by atomic mass is 9.70. The number of carbonyl (C=O) groups excluding carboxylic acids is 1. The van der Waals surface area contributed by atoms with Gasteiger partial charge < -0.3 is 5.73 Å². The summed E-state index contributed by atoms with van der Waals surface area (Å²) in [6.45, 7) is 0.481. The Bertz CT molecular complexity index is 639. The number of fused-ring (bicyclic) bond motifs is 1. The zero-order valence-electron chi connectivity index (χ0n) is 12.3. The summed E-state index contributed by atoms with van der Waals surface area (Å²) in [6.07, 6.45) is 7.64. The first-order chi connectivity index (χ1) is 10.2. The predicted octanol–water partition coefficient (Wildman–Crippen LogP) is 3.26. The monoisotopic (exact) mass is 282 g/mol. The van der Waals surface area contributed by atoms with Gasteiger partial charge in [0.05, 0.1) is 5.52 Å². The molecule has 1 aromatic heterocycles. The van der Waals surface area contributed by atoms with Crippen LogP contribution in [0.4, 0.5) is 0 Å². The van der Waals surface area contributed by atoms with Gasteiger partial charge in [0.1, 0.15) is 5.78 Å². The molecule has 21 heavy (non-hydrogen) atoms. The van der Waals surface area contributed by atoms with Gasteiger partial charge in [-0.05, 0) is 30.5 Å². The van der Waals surface area contributed by atoms with Crippen molar-refractivity contribution in [1.82, 2.24) is 4.98 Å². The summed E-state index contributed by atoms with van der Waals surface area (Å²) in [5, 5.41) is 1.08. The highest BCUT2D eigenvalue weighted by Gasteiger charge is 2.37. The number of Topliss-reactive ketones (excluding diaryl/α,β-unsaturated/α-hetero) is 1. The number of para-hydroxylation sites is 1. The van der Waals surface area contributed by atoms with Gasteiger partial charge in [-0.3, -0.25) is 9.78 Å². The number of rotatable bonds is 4. The molecule has 0 atom stereocenters. The SMILES string of the molecule is NCC1(C(=O)Cc2ccnc3ccccc23)CCCCC1. The van der Waals surface area contributed by atoms with Crippen LogP contribution in [0.5, 0.6) is 0 Å². The van der Waals surface area contributed by atoms with E-state index in [1.54, 1.807) is 6.20 Å². The van der Waals surface area contributed by atoms with Gasteiger partial charge in [-0.15, -0.1) is 0 Å². The number of benzene rings is 1. The van der Waals surface area contributed by atoms with Crippen molar-refractivity contribution < 1.29 is 4.79 Å². The third-order valence-corrected chi connectivity index (χ3v) is 4.88. The average molecular weight is 282 g/mol. The smallest absolute Gasteiger partial charge is 0.144 e. The zero-order valence-corrected chi connectivity index (χ0v) is 12.3. The minimum atomic E-state index is -0.289. The Kier molecular flexibility index (Phi) is 4.02. The predicted molar refractivity (Wildman–Crippen MR) is 85.0 cm³/mol. The van der Waals surface area contributed by atoms with Gasteiger partial charge in [-0.1, -0.05) is 37.5 Å². The van der Waals surface area contributed by atoms with Crippen molar-refractivity contribution in [2.75, 3.05) is 6.54 Å². The van der Waals surface area contributed by atoms with Gasteiger partial charge >= 0.3 is 0 Å². The Morgan fingerprint density at radius 1 is 1.14 bits per heavy atom. The lowest BCUT2D eigenvalue weighted by molar-refractivity contribution is -0.129. The van der Waals surface area contributed by atoms with Crippen LogP contribution in [0.2, 0.25) is 0 Å². The number of pyridine rings is 1. The van der Waals surface area contributed by atoms with Crippen LogP contribution >= 0.6 is 0 Å². The minimum absolute atomic E-state index is 0.289. The molecule has 0 spiro atoms. The Hall–Kier alpha value is -1.74. The fourth-order valence-electron chi connectivity index (χ4n) is 3.50. The number of hydrogen-bond acceptors (Lipinski definition) is 3. The summed E-state index contributed by atoms with van der Waals surface area (Å²) >= 11 is 0. The summed E-state index contributed by atoms with van der Waals surface area (Å²) in [7, 11) is 0. The van der Waals surface area contributed by atoms with Crippen molar-refractivity contribution in [3.05, 3.63) is 42.1 Å². The van der Waals surface area contributed by atoms with E-state index in [9.17, 15) is 4.79 Å². The molecule has 0 amide bonds. The highest BCUT2D eigenvalue weighted by molar-refractivity contribution is 5.92. The molecule has 3 nitrogen and oxygen atoms in total. The van der Waals surface area contributed by atoms with Crippen LogP contribution in [-0.4, -0.2) is 17.3 Å². The molecule has 2 N–H and O–H groups in total. The first-order valence-corrected chi connectivity index (χ1v) is 7.81. The summed E-state index contributed by atoms with van der Waals surface area (Å²) in [5.41, 5.74) is 7.71. The molecule has 0 unspecified atom stereocenters. The number of nitrogens with zero attached hydrogens (tertiary/aromatic N) is 1. The molecule has 1 aliphatic carbocycles. The first kappa shape index (κ1) is 14.2. The van der Waals surface area contributed by atoms with Crippen LogP contribution in [0, 0.1) is 5.41 Å². The second kappa shape index (κ2) is 5.94.